The number of ether oxygens (including phenoxy) is 1. The average molecular weight is 449 g/mol. The number of halogens is 1. The molecular formula is C17H28IN3OS. The first-order chi connectivity index (χ1) is 10.5. The van der Waals surface area contributed by atoms with Gasteiger partial charge in [-0.15, -0.1) is 24.0 Å². The molecule has 0 aliphatic rings. The van der Waals surface area contributed by atoms with E-state index in [9.17, 15) is 0 Å². The fraction of sp³-hybridized carbons (Fsp3) is 0.471. The number of rotatable bonds is 8. The Hall–Kier alpha value is -0.890. The molecule has 0 fully saturated rings. The van der Waals surface area contributed by atoms with E-state index in [1.165, 1.54) is 0 Å². The quantitative estimate of drug-likeness (QED) is 0.275. The molecule has 0 atom stereocenters. The Balaban J connectivity index is 0.00000484. The van der Waals surface area contributed by atoms with Gasteiger partial charge in [0.15, 0.2) is 5.96 Å². The Morgan fingerprint density at radius 2 is 2.04 bits per heavy atom. The lowest BCUT2D eigenvalue weighted by molar-refractivity contribution is 0.358. The van der Waals surface area contributed by atoms with E-state index in [0.29, 0.717) is 13.2 Å². The number of hydrogen-bond acceptors (Lipinski definition) is 3. The molecule has 1 aromatic carbocycles. The van der Waals surface area contributed by atoms with Crippen molar-refractivity contribution >= 4 is 41.7 Å². The van der Waals surface area contributed by atoms with Gasteiger partial charge in [0.05, 0.1) is 0 Å². The van der Waals surface area contributed by atoms with Crippen molar-refractivity contribution < 1.29 is 4.74 Å². The highest BCUT2D eigenvalue weighted by Crippen LogP contribution is 2.19. The van der Waals surface area contributed by atoms with Crippen LogP contribution in [0.1, 0.15) is 19.4 Å². The molecule has 0 aliphatic carbocycles. The van der Waals surface area contributed by atoms with Gasteiger partial charge in [0.1, 0.15) is 12.4 Å². The van der Waals surface area contributed by atoms with Crippen LogP contribution in [0.3, 0.4) is 0 Å². The summed E-state index contributed by atoms with van der Waals surface area (Å²) in [5.74, 6) is 1.66. The van der Waals surface area contributed by atoms with Gasteiger partial charge < -0.3 is 15.4 Å². The summed E-state index contributed by atoms with van der Waals surface area (Å²) in [5, 5.41) is 6.68. The first-order valence-corrected chi connectivity index (χ1v) is 8.56. The van der Waals surface area contributed by atoms with Crippen LogP contribution in [0.25, 0.3) is 0 Å². The molecule has 4 nitrogen and oxygen atoms in total. The molecule has 0 unspecified atom stereocenters. The SMILES string of the molecule is C=CCOc1ccccc1CNC(=NC)NCC(C)(C)SC.I. The van der Waals surface area contributed by atoms with Gasteiger partial charge in [-0.3, -0.25) is 4.99 Å². The topological polar surface area (TPSA) is 45.6 Å². The minimum absolute atomic E-state index is 0. The molecule has 2 N–H and O–H groups in total. The predicted octanol–water partition coefficient (Wildman–Crippen LogP) is 3.68. The van der Waals surface area contributed by atoms with E-state index in [0.717, 1.165) is 23.8 Å². The van der Waals surface area contributed by atoms with Crippen molar-refractivity contribution in [3.8, 4) is 5.75 Å². The zero-order valence-corrected chi connectivity index (χ0v) is 17.5. The number of nitrogens with zero attached hydrogens (tertiary/aromatic N) is 1. The molecule has 1 aromatic rings. The second-order valence-corrected chi connectivity index (χ2v) is 6.96. The minimum Gasteiger partial charge on any atom is -0.489 e. The molecule has 23 heavy (non-hydrogen) atoms. The maximum atomic E-state index is 5.66. The number of nitrogens with one attached hydrogen (secondary N) is 2. The Kier molecular flexibility index (Phi) is 11.2. The van der Waals surface area contributed by atoms with E-state index in [1.54, 1.807) is 13.1 Å². The van der Waals surface area contributed by atoms with Crippen molar-refractivity contribution in [2.24, 2.45) is 4.99 Å². The molecule has 0 radical (unpaired) electrons. The molecular weight excluding hydrogens is 421 g/mol. The summed E-state index contributed by atoms with van der Waals surface area (Å²) in [6.45, 7) is 10.1. The third kappa shape index (κ3) is 8.50. The van der Waals surface area contributed by atoms with Crippen LogP contribution in [-0.4, -0.2) is 37.2 Å². The lowest BCUT2D eigenvalue weighted by atomic mass is 10.2. The molecule has 1 rings (SSSR count). The zero-order chi connectivity index (χ0) is 16.4. The predicted molar refractivity (Wildman–Crippen MR) is 113 cm³/mol. The van der Waals surface area contributed by atoms with Crippen molar-refractivity contribution in [2.45, 2.75) is 25.1 Å². The van der Waals surface area contributed by atoms with Crippen LogP contribution < -0.4 is 15.4 Å². The number of benzene rings is 1. The van der Waals surface area contributed by atoms with Gasteiger partial charge in [0.2, 0.25) is 0 Å². The standard InChI is InChI=1S/C17H27N3OS.HI/c1-6-11-21-15-10-8-7-9-14(15)12-19-16(18-4)20-13-17(2,3)22-5;/h6-10H,1,11-13H2,2-5H3,(H2,18,19,20);1H. The van der Waals surface area contributed by atoms with Gasteiger partial charge in [-0.25, -0.2) is 0 Å². The van der Waals surface area contributed by atoms with E-state index in [-0.39, 0.29) is 28.7 Å². The van der Waals surface area contributed by atoms with Crippen LogP contribution in [0.5, 0.6) is 5.75 Å². The van der Waals surface area contributed by atoms with E-state index in [4.69, 9.17) is 4.74 Å². The molecule has 0 aliphatic heterocycles. The molecule has 6 heteroatoms. The van der Waals surface area contributed by atoms with Crippen LogP contribution in [-0.2, 0) is 6.54 Å². The molecule has 0 saturated heterocycles. The van der Waals surface area contributed by atoms with Crippen LogP contribution in [0.4, 0.5) is 0 Å². The summed E-state index contributed by atoms with van der Waals surface area (Å²) in [4.78, 5) is 4.26. The van der Waals surface area contributed by atoms with E-state index in [2.05, 4.69) is 42.3 Å². The van der Waals surface area contributed by atoms with Crippen molar-refractivity contribution in [2.75, 3.05) is 26.5 Å². The first kappa shape index (κ1) is 22.1. The molecule has 0 aromatic heterocycles. The zero-order valence-electron chi connectivity index (χ0n) is 14.4. The van der Waals surface area contributed by atoms with Crippen molar-refractivity contribution in [1.29, 1.82) is 0 Å². The fourth-order valence-corrected chi connectivity index (χ4v) is 1.92. The lowest BCUT2D eigenvalue weighted by Gasteiger charge is -2.24. The Bertz CT molecular complexity index is 506. The fourth-order valence-electron chi connectivity index (χ4n) is 1.71. The number of guanidine groups is 1. The Morgan fingerprint density at radius 1 is 1.35 bits per heavy atom. The summed E-state index contributed by atoms with van der Waals surface area (Å²) in [6.07, 6.45) is 3.86. The summed E-state index contributed by atoms with van der Waals surface area (Å²) in [7, 11) is 1.78. The number of thioether (sulfide) groups is 1. The normalized spacial score (nSPS) is 11.4. The van der Waals surface area contributed by atoms with Gasteiger partial charge in [-0.05, 0) is 26.2 Å². The lowest BCUT2D eigenvalue weighted by Crippen LogP contribution is -2.43. The van der Waals surface area contributed by atoms with Gasteiger partial charge in [0.25, 0.3) is 0 Å². The molecule has 130 valence electrons. The monoisotopic (exact) mass is 449 g/mol. The average Bonchev–Trinajstić information content (AvgIpc) is 2.54. The Morgan fingerprint density at radius 3 is 2.65 bits per heavy atom. The number of hydrogen-bond donors (Lipinski definition) is 2. The molecule has 0 heterocycles. The van der Waals surface area contributed by atoms with Gasteiger partial charge in [0, 0.05) is 30.4 Å². The van der Waals surface area contributed by atoms with Crippen LogP contribution in [0, 0.1) is 0 Å². The van der Waals surface area contributed by atoms with Crippen LogP contribution >= 0.6 is 35.7 Å². The van der Waals surface area contributed by atoms with Crippen molar-refractivity contribution in [3.05, 3.63) is 42.5 Å². The van der Waals surface area contributed by atoms with Crippen molar-refractivity contribution in [3.63, 3.8) is 0 Å². The number of aliphatic imine (C=N–C) groups is 1. The van der Waals surface area contributed by atoms with Crippen molar-refractivity contribution in [1.82, 2.24) is 10.6 Å². The maximum absolute atomic E-state index is 5.66. The van der Waals surface area contributed by atoms with Gasteiger partial charge in [-0.2, -0.15) is 11.8 Å². The Labute approximate surface area is 161 Å². The van der Waals surface area contributed by atoms with Crippen LogP contribution in [0.2, 0.25) is 0 Å². The second-order valence-electron chi connectivity index (χ2n) is 5.45. The minimum atomic E-state index is 0. The number of para-hydroxylation sites is 1. The summed E-state index contributed by atoms with van der Waals surface area (Å²) in [5.41, 5.74) is 1.09. The highest BCUT2D eigenvalue weighted by molar-refractivity contribution is 14.0. The maximum Gasteiger partial charge on any atom is 0.191 e. The van der Waals surface area contributed by atoms with Crippen LogP contribution in [0.15, 0.2) is 41.9 Å². The molecule has 0 bridgehead atoms. The first-order valence-electron chi connectivity index (χ1n) is 7.33. The van der Waals surface area contributed by atoms with E-state index < -0.39 is 0 Å². The van der Waals surface area contributed by atoms with Gasteiger partial charge in [-0.1, -0.05) is 30.9 Å². The molecule has 0 amide bonds. The molecule has 0 spiro atoms. The highest BCUT2D eigenvalue weighted by atomic mass is 127. The third-order valence-electron chi connectivity index (χ3n) is 3.23. The summed E-state index contributed by atoms with van der Waals surface area (Å²) in [6, 6.07) is 7.98. The third-order valence-corrected chi connectivity index (χ3v) is 4.48. The highest BCUT2D eigenvalue weighted by Gasteiger charge is 2.16. The summed E-state index contributed by atoms with van der Waals surface area (Å²) >= 11 is 1.83. The van der Waals surface area contributed by atoms with E-state index >= 15 is 0 Å². The van der Waals surface area contributed by atoms with E-state index in [1.807, 2.05) is 36.0 Å². The summed E-state index contributed by atoms with van der Waals surface area (Å²) < 4.78 is 5.83. The van der Waals surface area contributed by atoms with Gasteiger partial charge >= 0.3 is 0 Å². The smallest absolute Gasteiger partial charge is 0.191 e. The molecule has 0 saturated carbocycles. The second kappa shape index (κ2) is 11.6. The largest absolute Gasteiger partial charge is 0.489 e.